The van der Waals surface area contributed by atoms with Crippen molar-refractivity contribution in [3.8, 4) is 16.3 Å². The van der Waals surface area contributed by atoms with Gasteiger partial charge in [0, 0.05) is 49.8 Å². The van der Waals surface area contributed by atoms with Gasteiger partial charge in [-0.05, 0) is 81.0 Å². The van der Waals surface area contributed by atoms with Gasteiger partial charge in [-0.1, -0.05) is 24.3 Å². The van der Waals surface area contributed by atoms with Crippen molar-refractivity contribution in [3.05, 3.63) is 87.7 Å². The average molecular weight is 566 g/mol. The van der Waals surface area contributed by atoms with Crippen molar-refractivity contribution < 1.29 is 0 Å². The van der Waals surface area contributed by atoms with Crippen LogP contribution in [0.3, 0.4) is 0 Å². The molecule has 1 N–H and O–H groups in total. The Labute approximate surface area is 244 Å². The van der Waals surface area contributed by atoms with E-state index < -0.39 is 0 Å². The van der Waals surface area contributed by atoms with Crippen LogP contribution in [0.15, 0.2) is 71.0 Å². The first-order valence-electron chi connectivity index (χ1n) is 14.2. The van der Waals surface area contributed by atoms with Crippen molar-refractivity contribution in [2.45, 2.75) is 40.2 Å². The monoisotopic (exact) mass is 565 g/mol. The third-order valence-corrected chi connectivity index (χ3v) is 8.67. The maximum Gasteiger partial charge on any atom is 0.282 e. The third kappa shape index (κ3) is 5.47. The first kappa shape index (κ1) is 27.1. The molecule has 0 spiro atoms. The normalized spacial score (nSPS) is 14.5. The number of thiophene rings is 1. The number of para-hydroxylation sites is 1. The minimum Gasteiger partial charge on any atom is -0.370 e. The van der Waals surface area contributed by atoms with Crippen LogP contribution >= 0.6 is 11.3 Å². The number of aromatic nitrogens is 4. The molecule has 0 unspecified atom stereocenters. The van der Waals surface area contributed by atoms with Crippen LogP contribution < -0.4 is 15.8 Å². The molecule has 3 aromatic heterocycles. The SMILES string of the molecule is Cc1cc(Nc2ncc3c(=O)n(-c4ccccc4C)nc(-c4cccs4)c3n2)ccc1N1CCCN(C(C)C)CC1. The van der Waals surface area contributed by atoms with E-state index in [2.05, 4.69) is 59.1 Å². The highest BCUT2D eigenvalue weighted by Gasteiger charge is 2.20. The highest BCUT2D eigenvalue weighted by molar-refractivity contribution is 7.13. The summed E-state index contributed by atoms with van der Waals surface area (Å²) in [5.74, 6) is 0.430. The lowest BCUT2D eigenvalue weighted by Gasteiger charge is -2.27. The molecule has 5 aromatic rings. The number of hydrogen-bond donors (Lipinski definition) is 1. The van der Waals surface area contributed by atoms with Crippen molar-refractivity contribution in [3.63, 3.8) is 0 Å². The van der Waals surface area contributed by atoms with Crippen LogP contribution in [0.4, 0.5) is 17.3 Å². The molecule has 9 heteroatoms. The van der Waals surface area contributed by atoms with Gasteiger partial charge in [0.15, 0.2) is 0 Å². The van der Waals surface area contributed by atoms with Gasteiger partial charge < -0.3 is 10.2 Å². The number of benzene rings is 2. The number of hydrogen-bond acceptors (Lipinski definition) is 8. The molecular formula is C32H35N7OS. The molecule has 0 bridgehead atoms. The average Bonchev–Trinajstić information content (AvgIpc) is 3.38. The van der Waals surface area contributed by atoms with Crippen LogP contribution in [0.2, 0.25) is 0 Å². The number of nitrogens with one attached hydrogen (secondary N) is 1. The van der Waals surface area contributed by atoms with Gasteiger partial charge in [0.05, 0.1) is 16.0 Å². The molecule has 4 heterocycles. The fourth-order valence-electron chi connectivity index (χ4n) is 5.54. The van der Waals surface area contributed by atoms with Crippen LogP contribution in [0, 0.1) is 13.8 Å². The fourth-order valence-corrected chi connectivity index (χ4v) is 6.25. The summed E-state index contributed by atoms with van der Waals surface area (Å²) < 4.78 is 1.47. The molecule has 0 aliphatic carbocycles. The summed E-state index contributed by atoms with van der Waals surface area (Å²) in [7, 11) is 0. The zero-order valence-corrected chi connectivity index (χ0v) is 24.8. The van der Waals surface area contributed by atoms with Gasteiger partial charge in [0.2, 0.25) is 5.95 Å². The second kappa shape index (κ2) is 11.4. The molecule has 0 atom stereocenters. The summed E-state index contributed by atoms with van der Waals surface area (Å²) in [4.78, 5) is 28.9. The van der Waals surface area contributed by atoms with Gasteiger partial charge in [-0.15, -0.1) is 11.3 Å². The zero-order chi connectivity index (χ0) is 28.5. The third-order valence-electron chi connectivity index (χ3n) is 7.79. The second-order valence-corrected chi connectivity index (χ2v) is 11.8. The Morgan fingerprint density at radius 3 is 2.54 bits per heavy atom. The van der Waals surface area contributed by atoms with Crippen molar-refractivity contribution >= 4 is 39.6 Å². The zero-order valence-electron chi connectivity index (χ0n) is 24.0. The maximum absolute atomic E-state index is 13.6. The summed E-state index contributed by atoms with van der Waals surface area (Å²) in [5, 5.41) is 10.6. The van der Waals surface area contributed by atoms with Crippen LogP contribution in [-0.2, 0) is 0 Å². The van der Waals surface area contributed by atoms with Gasteiger partial charge in [0.1, 0.15) is 11.2 Å². The Balaban J connectivity index is 1.33. The van der Waals surface area contributed by atoms with E-state index in [1.807, 2.05) is 48.7 Å². The lowest BCUT2D eigenvalue weighted by Crippen LogP contribution is -2.35. The Kier molecular flexibility index (Phi) is 7.55. The smallest absolute Gasteiger partial charge is 0.282 e. The van der Waals surface area contributed by atoms with Gasteiger partial charge in [0.25, 0.3) is 5.56 Å². The Morgan fingerprint density at radius 2 is 1.78 bits per heavy atom. The predicted molar refractivity (Wildman–Crippen MR) is 169 cm³/mol. The molecule has 1 fully saturated rings. The maximum atomic E-state index is 13.6. The minimum atomic E-state index is -0.241. The lowest BCUT2D eigenvalue weighted by molar-refractivity contribution is 0.238. The number of fused-ring (bicyclic) bond motifs is 1. The van der Waals surface area contributed by atoms with E-state index >= 15 is 0 Å². The number of aryl methyl sites for hydroxylation is 2. The standard InChI is InChI=1S/C32H35N7OS/c1-21(2)37-14-8-15-38(17-16-37)26-13-12-24(19-23(26)4)34-32-33-20-25-29(35-32)30(28-11-7-18-41-28)36-39(31(25)40)27-10-6-5-9-22(27)3/h5-7,9-13,18-21H,8,14-17H2,1-4H3,(H,33,34,35). The van der Waals surface area contributed by atoms with Crippen LogP contribution in [-0.4, -0.2) is 56.9 Å². The van der Waals surface area contributed by atoms with Crippen molar-refractivity contribution in [1.82, 2.24) is 24.6 Å². The van der Waals surface area contributed by atoms with Crippen molar-refractivity contribution in [2.24, 2.45) is 0 Å². The van der Waals surface area contributed by atoms with E-state index in [4.69, 9.17) is 10.1 Å². The summed E-state index contributed by atoms with van der Waals surface area (Å²) >= 11 is 1.57. The molecule has 210 valence electrons. The minimum absolute atomic E-state index is 0.241. The molecule has 1 saturated heterocycles. The van der Waals surface area contributed by atoms with E-state index in [-0.39, 0.29) is 5.56 Å². The van der Waals surface area contributed by atoms with Gasteiger partial charge in [-0.3, -0.25) is 9.69 Å². The van der Waals surface area contributed by atoms with E-state index in [0.717, 1.165) is 54.4 Å². The number of anilines is 3. The highest BCUT2D eigenvalue weighted by atomic mass is 32.1. The number of nitrogens with zero attached hydrogens (tertiary/aromatic N) is 6. The highest BCUT2D eigenvalue weighted by Crippen LogP contribution is 2.30. The van der Waals surface area contributed by atoms with Crippen LogP contribution in [0.1, 0.15) is 31.4 Å². The molecule has 2 aromatic carbocycles. The van der Waals surface area contributed by atoms with Gasteiger partial charge in [-0.25, -0.2) is 9.97 Å². The molecule has 1 aliphatic rings. The molecule has 8 nitrogen and oxygen atoms in total. The molecule has 0 amide bonds. The van der Waals surface area contributed by atoms with E-state index in [1.165, 1.54) is 15.9 Å². The van der Waals surface area contributed by atoms with Gasteiger partial charge >= 0.3 is 0 Å². The fraction of sp³-hybridized carbons (Fsp3) is 0.312. The lowest BCUT2D eigenvalue weighted by atomic mass is 10.1. The summed E-state index contributed by atoms with van der Waals surface area (Å²) in [6.45, 7) is 13.0. The van der Waals surface area contributed by atoms with Crippen LogP contribution in [0.25, 0.3) is 27.2 Å². The summed E-state index contributed by atoms with van der Waals surface area (Å²) in [6, 6.07) is 18.7. The summed E-state index contributed by atoms with van der Waals surface area (Å²) in [5.41, 5.74) is 6.04. The largest absolute Gasteiger partial charge is 0.370 e. The molecule has 41 heavy (non-hydrogen) atoms. The molecular weight excluding hydrogens is 530 g/mol. The molecule has 0 saturated carbocycles. The quantitative estimate of drug-likeness (QED) is 0.263. The first-order valence-corrected chi connectivity index (χ1v) is 15.0. The van der Waals surface area contributed by atoms with Crippen LogP contribution in [0.5, 0.6) is 0 Å². The predicted octanol–water partition coefficient (Wildman–Crippen LogP) is 6.19. The van der Waals surface area contributed by atoms with E-state index in [1.54, 1.807) is 17.5 Å². The van der Waals surface area contributed by atoms with E-state index in [9.17, 15) is 4.79 Å². The molecule has 6 rings (SSSR count). The Bertz CT molecular complexity index is 1750. The number of rotatable bonds is 6. The topological polar surface area (TPSA) is 79.2 Å². The summed E-state index contributed by atoms with van der Waals surface area (Å²) in [6.07, 6.45) is 2.77. The van der Waals surface area contributed by atoms with Crippen molar-refractivity contribution in [1.29, 1.82) is 0 Å². The second-order valence-electron chi connectivity index (χ2n) is 10.9. The van der Waals surface area contributed by atoms with Crippen molar-refractivity contribution in [2.75, 3.05) is 36.4 Å². The van der Waals surface area contributed by atoms with E-state index in [0.29, 0.717) is 28.6 Å². The molecule has 0 radical (unpaired) electrons. The Hall–Kier alpha value is -4.08. The Morgan fingerprint density at radius 1 is 0.927 bits per heavy atom. The molecule has 1 aliphatic heterocycles. The van der Waals surface area contributed by atoms with Gasteiger partial charge in [-0.2, -0.15) is 9.78 Å². The first-order chi connectivity index (χ1) is 19.9.